The van der Waals surface area contributed by atoms with Gasteiger partial charge in [0.05, 0.1) is 25.5 Å². The lowest BCUT2D eigenvalue weighted by Crippen LogP contribution is -2.39. The number of rotatable bonds is 6. The van der Waals surface area contributed by atoms with Gasteiger partial charge in [-0.25, -0.2) is 0 Å². The second-order valence-electron chi connectivity index (χ2n) is 6.76. The summed E-state index contributed by atoms with van der Waals surface area (Å²) in [6.45, 7) is 4.23. The number of anilines is 2. The summed E-state index contributed by atoms with van der Waals surface area (Å²) in [6, 6.07) is 13.1. The molecule has 0 aliphatic rings. The molecule has 3 aromatic carbocycles. The van der Waals surface area contributed by atoms with Gasteiger partial charge in [-0.1, -0.05) is 38.1 Å². The van der Waals surface area contributed by atoms with E-state index in [4.69, 9.17) is 9.47 Å². The molecule has 0 aliphatic carbocycles. The lowest BCUT2D eigenvalue weighted by Gasteiger charge is -2.25. The van der Waals surface area contributed by atoms with Crippen LogP contribution in [0, 0.1) is 0 Å². The Morgan fingerprint density at radius 3 is 2.11 bits per heavy atom. The van der Waals surface area contributed by atoms with E-state index in [0.29, 0.717) is 34.4 Å². The Morgan fingerprint density at radius 1 is 0.889 bits per heavy atom. The molecule has 0 saturated carbocycles. The van der Waals surface area contributed by atoms with Gasteiger partial charge >= 0.3 is 0 Å². The van der Waals surface area contributed by atoms with Crippen LogP contribution in [0.25, 0.3) is 11.1 Å². The summed E-state index contributed by atoms with van der Waals surface area (Å²) in [5.74, 6) is 1.61. The van der Waals surface area contributed by atoms with E-state index >= 15 is 0 Å². The summed E-state index contributed by atoms with van der Waals surface area (Å²) in [7, 11) is 4.89. The second-order valence-corrected chi connectivity index (χ2v) is 6.76. The normalized spacial score (nSPS) is 11.0. The third kappa shape index (κ3) is 3.21. The maximum absolute atomic E-state index is 12.3. The molecular weight excluding hydrogens is 342 g/mol. The molecule has 5 nitrogen and oxygen atoms in total. The molecule has 0 spiro atoms. The molecule has 0 bridgehead atoms. The van der Waals surface area contributed by atoms with Crippen molar-refractivity contribution in [2.75, 3.05) is 26.2 Å². The van der Waals surface area contributed by atoms with Crippen molar-refractivity contribution in [3.63, 3.8) is 0 Å². The van der Waals surface area contributed by atoms with E-state index < -0.39 is 10.9 Å². The average molecular weight is 365 g/mol. The third-order valence-electron chi connectivity index (χ3n) is 4.83. The molecule has 0 aromatic heterocycles. The summed E-state index contributed by atoms with van der Waals surface area (Å²) in [4.78, 5) is 26.3. The number of hydrogen-bond acceptors (Lipinski definition) is 5. The highest BCUT2D eigenvalue weighted by atomic mass is 16.5. The zero-order valence-corrected chi connectivity index (χ0v) is 16.2. The Hall–Kier alpha value is -3.08. The molecule has 3 rings (SSSR count). The molecule has 0 heterocycles. The van der Waals surface area contributed by atoms with Crippen molar-refractivity contribution >= 4 is 11.4 Å². The second kappa shape index (κ2) is 7.27. The summed E-state index contributed by atoms with van der Waals surface area (Å²) in [5.41, 5.74) is 2.49. The van der Waals surface area contributed by atoms with Crippen molar-refractivity contribution in [1.29, 1.82) is 0 Å². The minimum absolute atomic E-state index is 0.376. The van der Waals surface area contributed by atoms with E-state index in [0.717, 1.165) is 5.56 Å². The predicted molar refractivity (Wildman–Crippen MR) is 108 cm³/mol. The van der Waals surface area contributed by atoms with Crippen LogP contribution in [-0.2, 0) is 0 Å². The molecule has 0 atom stereocenters. The van der Waals surface area contributed by atoms with Gasteiger partial charge in [0.25, 0.3) is 5.43 Å². The standard InChI is InChI=1S/C22H23NO4/c1-13(2)14-6-8-15(9-7-14)19-20(22(25)21(19)24)23(3)17-11-10-16(26-4)12-18(17)27-5/h6-13H,1-5H3. The van der Waals surface area contributed by atoms with E-state index in [1.165, 1.54) is 5.56 Å². The Labute approximate surface area is 158 Å². The van der Waals surface area contributed by atoms with E-state index in [-0.39, 0.29) is 0 Å². The molecule has 0 radical (unpaired) electrons. The van der Waals surface area contributed by atoms with Crippen LogP contribution in [0.4, 0.5) is 11.4 Å². The number of ether oxygens (including phenoxy) is 2. The monoisotopic (exact) mass is 365 g/mol. The van der Waals surface area contributed by atoms with Gasteiger partial charge < -0.3 is 14.4 Å². The van der Waals surface area contributed by atoms with Gasteiger partial charge in [-0.15, -0.1) is 0 Å². The highest BCUT2D eigenvalue weighted by Gasteiger charge is 2.27. The number of benzene rings is 2. The van der Waals surface area contributed by atoms with Gasteiger partial charge in [-0.05, 0) is 29.2 Å². The largest absolute Gasteiger partial charge is 0.497 e. The Kier molecular flexibility index (Phi) is 5.04. The zero-order valence-electron chi connectivity index (χ0n) is 16.2. The lowest BCUT2D eigenvalue weighted by atomic mass is 9.94. The summed E-state index contributed by atoms with van der Waals surface area (Å²) in [6.07, 6.45) is 0. The van der Waals surface area contributed by atoms with Crippen molar-refractivity contribution in [2.24, 2.45) is 0 Å². The average Bonchev–Trinajstić information content (AvgIpc) is 2.70. The summed E-state index contributed by atoms with van der Waals surface area (Å²) < 4.78 is 10.7. The van der Waals surface area contributed by atoms with Gasteiger partial charge in [0, 0.05) is 13.1 Å². The van der Waals surface area contributed by atoms with Gasteiger partial charge in [-0.2, -0.15) is 0 Å². The molecule has 0 unspecified atom stereocenters. The fourth-order valence-corrected chi connectivity index (χ4v) is 3.18. The van der Waals surface area contributed by atoms with Gasteiger partial charge in [0.1, 0.15) is 17.2 Å². The Bertz CT molecular complexity index is 1030. The van der Waals surface area contributed by atoms with E-state index in [1.807, 2.05) is 24.3 Å². The van der Waals surface area contributed by atoms with Gasteiger partial charge in [-0.3, -0.25) is 9.59 Å². The predicted octanol–water partition coefficient (Wildman–Crippen LogP) is 3.86. The fraction of sp³-hybridized carbons (Fsp3) is 0.273. The minimum atomic E-state index is -0.488. The topological polar surface area (TPSA) is 55.8 Å². The van der Waals surface area contributed by atoms with Gasteiger partial charge in [0.15, 0.2) is 0 Å². The van der Waals surface area contributed by atoms with E-state index in [1.54, 1.807) is 44.4 Å². The summed E-state index contributed by atoms with van der Waals surface area (Å²) >= 11 is 0. The lowest BCUT2D eigenvalue weighted by molar-refractivity contribution is 0.395. The maximum Gasteiger partial charge on any atom is 0.250 e. The number of nitrogens with zero attached hydrogens (tertiary/aromatic N) is 1. The minimum Gasteiger partial charge on any atom is -0.497 e. The zero-order chi connectivity index (χ0) is 19.7. The molecule has 140 valence electrons. The summed E-state index contributed by atoms with van der Waals surface area (Å²) in [5, 5.41) is 0. The number of methoxy groups -OCH3 is 2. The molecule has 0 amide bonds. The molecular formula is C22H23NO4. The van der Waals surface area contributed by atoms with E-state index in [9.17, 15) is 9.59 Å². The Balaban J connectivity index is 2.05. The molecule has 5 heteroatoms. The van der Waals surface area contributed by atoms with Crippen molar-refractivity contribution in [3.8, 4) is 22.6 Å². The first-order valence-electron chi connectivity index (χ1n) is 8.78. The SMILES string of the molecule is COc1ccc(N(C)c2c(-c3ccc(C(C)C)cc3)c(=O)c2=O)c(OC)c1. The molecule has 0 aliphatic heterocycles. The maximum atomic E-state index is 12.3. The van der Waals surface area contributed by atoms with Crippen molar-refractivity contribution in [3.05, 3.63) is 68.5 Å². The van der Waals surface area contributed by atoms with Crippen LogP contribution < -0.4 is 25.2 Å². The first-order valence-corrected chi connectivity index (χ1v) is 8.78. The van der Waals surface area contributed by atoms with Crippen LogP contribution in [0.15, 0.2) is 52.1 Å². The van der Waals surface area contributed by atoms with Crippen LogP contribution in [0.2, 0.25) is 0 Å². The number of hydrogen-bond donors (Lipinski definition) is 0. The molecule has 0 saturated heterocycles. The first kappa shape index (κ1) is 18.7. The van der Waals surface area contributed by atoms with Crippen molar-refractivity contribution in [1.82, 2.24) is 0 Å². The van der Waals surface area contributed by atoms with Crippen LogP contribution >= 0.6 is 0 Å². The van der Waals surface area contributed by atoms with Crippen LogP contribution in [0.5, 0.6) is 11.5 Å². The molecule has 0 fully saturated rings. The molecule has 0 N–H and O–H groups in total. The van der Waals surface area contributed by atoms with E-state index in [2.05, 4.69) is 13.8 Å². The van der Waals surface area contributed by atoms with Crippen LogP contribution in [0.3, 0.4) is 0 Å². The Morgan fingerprint density at radius 2 is 1.56 bits per heavy atom. The fourth-order valence-electron chi connectivity index (χ4n) is 3.18. The smallest absolute Gasteiger partial charge is 0.250 e. The third-order valence-corrected chi connectivity index (χ3v) is 4.83. The molecule has 3 aromatic rings. The van der Waals surface area contributed by atoms with Gasteiger partial charge in [0.2, 0.25) is 5.43 Å². The van der Waals surface area contributed by atoms with Crippen LogP contribution in [-0.4, -0.2) is 21.3 Å². The van der Waals surface area contributed by atoms with Crippen molar-refractivity contribution in [2.45, 2.75) is 19.8 Å². The highest BCUT2D eigenvalue weighted by molar-refractivity contribution is 5.87. The van der Waals surface area contributed by atoms with Crippen molar-refractivity contribution < 1.29 is 9.47 Å². The quantitative estimate of drug-likeness (QED) is 0.621. The highest BCUT2D eigenvalue weighted by Crippen LogP contribution is 2.37. The van der Waals surface area contributed by atoms with Crippen LogP contribution in [0.1, 0.15) is 25.3 Å². The molecule has 27 heavy (non-hydrogen) atoms. The first-order chi connectivity index (χ1) is 12.9.